The molecule has 4 rings (SSSR count). The van der Waals surface area contributed by atoms with E-state index in [4.69, 9.17) is 34.8 Å². The fourth-order valence-corrected chi connectivity index (χ4v) is 7.15. The SMILES string of the molecule is Cc1ccc(S(=O)(=O)N(Cc2ccc(Cl)cc2)c2ccccc2C(=O)NCCSCc2c(Cl)cccc2Cl)cc1. The van der Waals surface area contributed by atoms with Crippen molar-refractivity contribution in [3.05, 3.63) is 128 Å². The third kappa shape index (κ3) is 7.53. The van der Waals surface area contributed by atoms with Gasteiger partial charge in [-0.15, -0.1) is 0 Å². The average molecular weight is 634 g/mol. The minimum atomic E-state index is -4.01. The van der Waals surface area contributed by atoms with Gasteiger partial charge in [0.25, 0.3) is 15.9 Å². The standard InChI is InChI=1S/C30H27Cl3N2O3S2/c1-21-9-15-24(16-10-21)40(37,38)35(19-22-11-13-23(31)14-12-22)29-8-3-2-5-25(29)30(36)34-17-18-39-20-26-27(32)6-4-7-28(26)33/h2-16H,17-20H2,1H3,(H,34,36). The highest BCUT2D eigenvalue weighted by molar-refractivity contribution is 7.98. The molecule has 0 saturated carbocycles. The van der Waals surface area contributed by atoms with Crippen LogP contribution in [0.3, 0.4) is 0 Å². The highest BCUT2D eigenvalue weighted by Crippen LogP contribution is 2.30. The molecule has 1 N–H and O–H groups in total. The van der Waals surface area contributed by atoms with Crippen molar-refractivity contribution < 1.29 is 13.2 Å². The maximum atomic E-state index is 13.9. The Hall–Kier alpha value is -2.68. The van der Waals surface area contributed by atoms with Crippen molar-refractivity contribution in [1.29, 1.82) is 0 Å². The summed E-state index contributed by atoms with van der Waals surface area (Å²) in [5.41, 5.74) is 3.06. The van der Waals surface area contributed by atoms with Gasteiger partial charge in [0.15, 0.2) is 0 Å². The lowest BCUT2D eigenvalue weighted by Gasteiger charge is -2.27. The molecule has 0 aliphatic heterocycles. The second kappa shape index (κ2) is 13.8. The summed E-state index contributed by atoms with van der Waals surface area (Å²) in [4.78, 5) is 13.5. The van der Waals surface area contributed by atoms with Crippen LogP contribution in [0, 0.1) is 6.92 Å². The molecular weight excluding hydrogens is 607 g/mol. The van der Waals surface area contributed by atoms with Gasteiger partial charge in [0.2, 0.25) is 0 Å². The predicted octanol–water partition coefficient (Wildman–Crippen LogP) is 8.01. The zero-order chi connectivity index (χ0) is 28.7. The third-order valence-electron chi connectivity index (χ3n) is 6.11. The van der Waals surface area contributed by atoms with Crippen LogP contribution in [0.5, 0.6) is 0 Å². The molecule has 0 aliphatic rings. The van der Waals surface area contributed by atoms with Gasteiger partial charge < -0.3 is 5.32 Å². The second-order valence-electron chi connectivity index (χ2n) is 8.98. The molecule has 4 aromatic rings. The topological polar surface area (TPSA) is 66.5 Å². The molecule has 0 aromatic heterocycles. The molecule has 0 radical (unpaired) electrons. The van der Waals surface area contributed by atoms with Crippen LogP contribution in [0.25, 0.3) is 0 Å². The number of aryl methyl sites for hydroxylation is 1. The monoisotopic (exact) mass is 632 g/mol. The van der Waals surface area contributed by atoms with Crippen LogP contribution in [-0.4, -0.2) is 26.6 Å². The van der Waals surface area contributed by atoms with E-state index in [-0.39, 0.29) is 28.6 Å². The van der Waals surface area contributed by atoms with Gasteiger partial charge in [0, 0.05) is 33.1 Å². The van der Waals surface area contributed by atoms with Crippen LogP contribution in [0.1, 0.15) is 27.0 Å². The smallest absolute Gasteiger partial charge is 0.264 e. The molecule has 0 unspecified atom stereocenters. The number of para-hydroxylation sites is 1. The molecule has 0 aliphatic carbocycles. The number of carbonyl (C=O) groups is 1. The Morgan fingerprint density at radius 3 is 2.17 bits per heavy atom. The Kier molecular flexibility index (Phi) is 10.4. The van der Waals surface area contributed by atoms with Gasteiger partial charge in [0.05, 0.1) is 22.7 Å². The lowest BCUT2D eigenvalue weighted by molar-refractivity contribution is 0.0957. The van der Waals surface area contributed by atoms with E-state index in [1.165, 1.54) is 4.31 Å². The number of hydrogen-bond donors (Lipinski definition) is 1. The summed E-state index contributed by atoms with van der Waals surface area (Å²) in [6.45, 7) is 2.29. The highest BCUT2D eigenvalue weighted by atomic mass is 35.5. The molecular formula is C30H27Cl3N2O3S2. The summed E-state index contributed by atoms with van der Waals surface area (Å²) in [7, 11) is -4.01. The molecule has 40 heavy (non-hydrogen) atoms. The van der Waals surface area contributed by atoms with Crippen LogP contribution in [0.15, 0.2) is 95.9 Å². The number of nitrogens with zero attached hydrogens (tertiary/aromatic N) is 1. The molecule has 0 bridgehead atoms. The number of benzene rings is 4. The van der Waals surface area contributed by atoms with Crippen molar-refractivity contribution in [2.75, 3.05) is 16.6 Å². The largest absolute Gasteiger partial charge is 0.351 e. The van der Waals surface area contributed by atoms with Gasteiger partial charge in [-0.1, -0.05) is 82.8 Å². The van der Waals surface area contributed by atoms with Crippen LogP contribution < -0.4 is 9.62 Å². The van der Waals surface area contributed by atoms with E-state index < -0.39 is 10.0 Å². The number of halogens is 3. The number of sulfonamides is 1. The van der Waals surface area contributed by atoms with Crippen LogP contribution in [0.2, 0.25) is 15.1 Å². The quantitative estimate of drug-likeness (QED) is 0.170. The molecule has 0 atom stereocenters. The Labute approximate surface area is 254 Å². The van der Waals surface area contributed by atoms with E-state index in [2.05, 4.69) is 5.32 Å². The zero-order valence-electron chi connectivity index (χ0n) is 21.6. The summed E-state index contributed by atoms with van der Waals surface area (Å²) >= 11 is 20.1. The van der Waals surface area contributed by atoms with E-state index in [0.29, 0.717) is 33.1 Å². The first-order valence-corrected chi connectivity index (χ1v) is 16.1. The summed E-state index contributed by atoms with van der Waals surface area (Å²) in [5.74, 6) is 0.854. The Bertz CT molecular complexity index is 1560. The first-order valence-electron chi connectivity index (χ1n) is 12.4. The first kappa shape index (κ1) is 30.3. The van der Waals surface area contributed by atoms with Crippen LogP contribution in [-0.2, 0) is 22.3 Å². The number of thioether (sulfide) groups is 1. The Morgan fingerprint density at radius 2 is 1.50 bits per heavy atom. The van der Waals surface area contributed by atoms with E-state index in [1.807, 2.05) is 6.92 Å². The summed E-state index contributed by atoms with van der Waals surface area (Å²) in [6.07, 6.45) is 0. The second-order valence-corrected chi connectivity index (χ2v) is 13.2. The summed E-state index contributed by atoms with van der Waals surface area (Å²) in [6, 6.07) is 25.7. The molecule has 5 nitrogen and oxygen atoms in total. The van der Waals surface area contributed by atoms with Crippen molar-refractivity contribution in [2.45, 2.75) is 24.1 Å². The summed E-state index contributed by atoms with van der Waals surface area (Å²) < 4.78 is 29.1. The maximum Gasteiger partial charge on any atom is 0.264 e. The third-order valence-corrected chi connectivity index (χ3v) is 9.83. The molecule has 4 aromatic carbocycles. The fraction of sp³-hybridized carbons (Fsp3) is 0.167. The lowest BCUT2D eigenvalue weighted by Crippen LogP contribution is -2.34. The Morgan fingerprint density at radius 1 is 0.850 bits per heavy atom. The van der Waals surface area contributed by atoms with Gasteiger partial charge in [-0.25, -0.2) is 8.42 Å². The summed E-state index contributed by atoms with van der Waals surface area (Å²) in [5, 5.41) is 4.67. The van der Waals surface area contributed by atoms with Crippen molar-refractivity contribution >= 4 is 68.2 Å². The number of hydrogen-bond acceptors (Lipinski definition) is 4. The van der Waals surface area contributed by atoms with E-state index in [0.717, 1.165) is 16.7 Å². The molecule has 0 fully saturated rings. The molecule has 0 spiro atoms. The van der Waals surface area contributed by atoms with Gasteiger partial charge in [-0.2, -0.15) is 11.8 Å². The fourth-order valence-electron chi connectivity index (χ4n) is 3.95. The highest BCUT2D eigenvalue weighted by Gasteiger charge is 2.28. The van der Waals surface area contributed by atoms with Crippen molar-refractivity contribution in [3.8, 4) is 0 Å². The molecule has 1 amide bonds. The first-order chi connectivity index (χ1) is 19.2. The number of nitrogens with one attached hydrogen (secondary N) is 1. The van der Waals surface area contributed by atoms with Crippen LogP contribution >= 0.6 is 46.6 Å². The Balaban J connectivity index is 1.55. The van der Waals surface area contributed by atoms with E-state index in [1.54, 1.807) is 103 Å². The number of anilines is 1. The maximum absolute atomic E-state index is 13.9. The zero-order valence-corrected chi connectivity index (χ0v) is 25.5. The minimum absolute atomic E-state index is 0.0200. The molecule has 10 heteroatoms. The van der Waals surface area contributed by atoms with Gasteiger partial charge in [-0.3, -0.25) is 9.10 Å². The van der Waals surface area contributed by atoms with E-state index >= 15 is 0 Å². The number of amides is 1. The predicted molar refractivity (Wildman–Crippen MR) is 167 cm³/mol. The lowest BCUT2D eigenvalue weighted by atomic mass is 10.1. The normalized spacial score (nSPS) is 11.3. The van der Waals surface area contributed by atoms with E-state index in [9.17, 15) is 13.2 Å². The van der Waals surface area contributed by atoms with Gasteiger partial charge >= 0.3 is 0 Å². The molecule has 0 heterocycles. The minimum Gasteiger partial charge on any atom is -0.351 e. The van der Waals surface area contributed by atoms with Crippen molar-refractivity contribution in [1.82, 2.24) is 5.32 Å². The number of carbonyl (C=O) groups excluding carboxylic acids is 1. The van der Waals surface area contributed by atoms with Gasteiger partial charge in [0.1, 0.15) is 0 Å². The molecule has 0 saturated heterocycles. The number of rotatable bonds is 11. The van der Waals surface area contributed by atoms with Crippen molar-refractivity contribution in [2.24, 2.45) is 0 Å². The average Bonchev–Trinajstić information content (AvgIpc) is 2.94. The van der Waals surface area contributed by atoms with Gasteiger partial charge in [-0.05, 0) is 66.6 Å². The molecule has 208 valence electrons. The van der Waals surface area contributed by atoms with Crippen LogP contribution in [0.4, 0.5) is 5.69 Å². The van der Waals surface area contributed by atoms with Crippen molar-refractivity contribution in [3.63, 3.8) is 0 Å².